The Bertz CT molecular complexity index is 397. The van der Waals surface area contributed by atoms with Crippen LogP contribution >= 0.6 is 0 Å². The van der Waals surface area contributed by atoms with Gasteiger partial charge in [0, 0.05) is 7.05 Å². The third-order valence-corrected chi connectivity index (χ3v) is 2.74. The minimum atomic E-state index is -0.0778. The van der Waals surface area contributed by atoms with Crippen LogP contribution in [0.5, 0.6) is 5.75 Å². The Kier molecular flexibility index (Phi) is 3.13. The van der Waals surface area contributed by atoms with Crippen molar-refractivity contribution in [2.75, 3.05) is 7.05 Å². The van der Waals surface area contributed by atoms with Crippen molar-refractivity contribution in [3.63, 3.8) is 0 Å². The largest absolute Gasteiger partial charge is 0.490 e. The summed E-state index contributed by atoms with van der Waals surface area (Å²) in [6.07, 6.45) is 3.44. The number of rotatable bonds is 4. The summed E-state index contributed by atoms with van der Waals surface area (Å²) in [7, 11) is 1.64. The molecule has 0 heterocycles. The van der Waals surface area contributed by atoms with Gasteiger partial charge in [0.15, 0.2) is 0 Å². The van der Waals surface area contributed by atoms with E-state index in [1.807, 2.05) is 18.2 Å². The number of amides is 1. The lowest BCUT2D eigenvalue weighted by Crippen LogP contribution is -2.19. The summed E-state index contributed by atoms with van der Waals surface area (Å²) in [4.78, 5) is 11.7. The summed E-state index contributed by atoms with van der Waals surface area (Å²) in [5.41, 5.74) is 1.80. The first kappa shape index (κ1) is 11.0. The van der Waals surface area contributed by atoms with E-state index in [2.05, 4.69) is 12.2 Å². The highest BCUT2D eigenvalue weighted by Gasteiger charge is 2.25. The fourth-order valence-electron chi connectivity index (χ4n) is 1.58. The second kappa shape index (κ2) is 4.56. The second-order valence-electron chi connectivity index (χ2n) is 4.08. The maximum absolute atomic E-state index is 11.7. The molecule has 0 radical (unpaired) electrons. The van der Waals surface area contributed by atoms with Gasteiger partial charge in [-0.05, 0) is 37.0 Å². The monoisotopic (exact) mass is 219 g/mol. The Labute approximate surface area is 95.8 Å². The highest BCUT2D eigenvalue weighted by molar-refractivity contribution is 5.96. The van der Waals surface area contributed by atoms with E-state index in [0.29, 0.717) is 17.4 Å². The van der Waals surface area contributed by atoms with Gasteiger partial charge in [0.1, 0.15) is 5.75 Å². The van der Waals surface area contributed by atoms with Crippen molar-refractivity contribution in [2.24, 2.45) is 0 Å². The zero-order valence-corrected chi connectivity index (χ0v) is 9.75. The van der Waals surface area contributed by atoms with E-state index < -0.39 is 0 Å². The molecular formula is C13H17NO2. The van der Waals surface area contributed by atoms with E-state index in [4.69, 9.17) is 4.74 Å². The Morgan fingerprint density at radius 1 is 1.50 bits per heavy atom. The van der Waals surface area contributed by atoms with Gasteiger partial charge in [-0.25, -0.2) is 0 Å². The van der Waals surface area contributed by atoms with Crippen molar-refractivity contribution in [3.05, 3.63) is 29.3 Å². The van der Waals surface area contributed by atoms with Crippen molar-refractivity contribution < 1.29 is 9.53 Å². The lowest BCUT2D eigenvalue weighted by Gasteiger charge is -2.11. The van der Waals surface area contributed by atoms with Crippen molar-refractivity contribution >= 4 is 5.91 Å². The van der Waals surface area contributed by atoms with E-state index in [9.17, 15) is 4.79 Å². The molecule has 1 aromatic rings. The van der Waals surface area contributed by atoms with Gasteiger partial charge in [-0.3, -0.25) is 4.79 Å². The third-order valence-electron chi connectivity index (χ3n) is 2.74. The van der Waals surface area contributed by atoms with E-state index in [1.165, 1.54) is 0 Å². The number of carbonyl (C=O) groups excluding carboxylic acids is 1. The molecule has 0 aliphatic heterocycles. The number of aryl methyl sites for hydroxylation is 1. The first-order valence-electron chi connectivity index (χ1n) is 5.76. The number of benzene rings is 1. The van der Waals surface area contributed by atoms with Crippen LogP contribution in [0.2, 0.25) is 0 Å². The van der Waals surface area contributed by atoms with E-state index in [0.717, 1.165) is 24.8 Å². The van der Waals surface area contributed by atoms with Crippen LogP contribution in [0.25, 0.3) is 0 Å². The average Bonchev–Trinajstić information content (AvgIpc) is 3.12. The molecule has 0 unspecified atom stereocenters. The number of ether oxygens (including phenoxy) is 1. The van der Waals surface area contributed by atoms with E-state index in [-0.39, 0.29) is 5.91 Å². The molecule has 1 saturated carbocycles. The molecule has 86 valence electrons. The van der Waals surface area contributed by atoms with Crippen LogP contribution in [0.4, 0.5) is 0 Å². The molecule has 3 nitrogen and oxygen atoms in total. The zero-order chi connectivity index (χ0) is 11.5. The van der Waals surface area contributed by atoms with Crippen LogP contribution in [0.3, 0.4) is 0 Å². The predicted octanol–water partition coefficient (Wildman–Crippen LogP) is 2.15. The van der Waals surface area contributed by atoms with Crippen molar-refractivity contribution in [3.8, 4) is 5.75 Å². The quantitative estimate of drug-likeness (QED) is 0.842. The summed E-state index contributed by atoms with van der Waals surface area (Å²) in [6, 6.07) is 5.84. The SMILES string of the molecule is CCc1ccc(OC2CC2)c(C(=O)NC)c1. The van der Waals surface area contributed by atoms with Gasteiger partial charge in [-0.15, -0.1) is 0 Å². The number of hydrogen-bond acceptors (Lipinski definition) is 2. The molecular weight excluding hydrogens is 202 g/mol. The molecule has 3 heteroatoms. The van der Waals surface area contributed by atoms with Gasteiger partial charge in [0.25, 0.3) is 5.91 Å². The van der Waals surface area contributed by atoms with E-state index >= 15 is 0 Å². The summed E-state index contributed by atoms with van der Waals surface area (Å²) < 4.78 is 5.72. The number of carbonyl (C=O) groups is 1. The molecule has 1 aromatic carbocycles. The lowest BCUT2D eigenvalue weighted by molar-refractivity contribution is 0.0958. The smallest absolute Gasteiger partial charge is 0.254 e. The molecule has 1 aliphatic rings. The molecule has 0 saturated heterocycles. The molecule has 2 rings (SSSR count). The molecule has 0 spiro atoms. The molecule has 1 amide bonds. The minimum Gasteiger partial charge on any atom is -0.490 e. The Hall–Kier alpha value is -1.51. The van der Waals surface area contributed by atoms with E-state index in [1.54, 1.807) is 7.05 Å². The molecule has 1 aliphatic carbocycles. The summed E-state index contributed by atoms with van der Waals surface area (Å²) >= 11 is 0. The Morgan fingerprint density at radius 2 is 2.25 bits per heavy atom. The molecule has 1 fully saturated rings. The Balaban J connectivity index is 2.29. The van der Waals surface area contributed by atoms with Crippen molar-refractivity contribution in [1.29, 1.82) is 0 Å². The van der Waals surface area contributed by atoms with Gasteiger partial charge in [0.2, 0.25) is 0 Å². The van der Waals surface area contributed by atoms with Crippen LogP contribution in [0.15, 0.2) is 18.2 Å². The maximum Gasteiger partial charge on any atom is 0.254 e. The fraction of sp³-hybridized carbons (Fsp3) is 0.462. The number of hydrogen-bond donors (Lipinski definition) is 1. The van der Waals surface area contributed by atoms with Crippen LogP contribution in [0, 0.1) is 0 Å². The molecule has 0 atom stereocenters. The van der Waals surface area contributed by atoms with Crippen LogP contribution in [0.1, 0.15) is 35.7 Å². The first-order chi connectivity index (χ1) is 7.74. The summed E-state index contributed by atoms with van der Waals surface area (Å²) in [6.45, 7) is 2.07. The van der Waals surface area contributed by atoms with Gasteiger partial charge >= 0.3 is 0 Å². The van der Waals surface area contributed by atoms with Gasteiger partial charge in [0.05, 0.1) is 11.7 Å². The molecule has 16 heavy (non-hydrogen) atoms. The normalized spacial score (nSPS) is 14.6. The van der Waals surface area contributed by atoms with Crippen LogP contribution in [-0.2, 0) is 6.42 Å². The fourth-order valence-corrected chi connectivity index (χ4v) is 1.58. The van der Waals surface area contributed by atoms with Crippen molar-refractivity contribution in [1.82, 2.24) is 5.32 Å². The first-order valence-corrected chi connectivity index (χ1v) is 5.76. The molecule has 0 bridgehead atoms. The third kappa shape index (κ3) is 2.35. The van der Waals surface area contributed by atoms with Crippen LogP contribution in [-0.4, -0.2) is 19.1 Å². The topological polar surface area (TPSA) is 38.3 Å². The van der Waals surface area contributed by atoms with Gasteiger partial charge < -0.3 is 10.1 Å². The van der Waals surface area contributed by atoms with Crippen molar-refractivity contribution in [2.45, 2.75) is 32.3 Å². The van der Waals surface area contributed by atoms with Gasteiger partial charge in [-0.2, -0.15) is 0 Å². The standard InChI is InChI=1S/C13H17NO2/c1-3-9-4-7-12(16-10-5-6-10)11(8-9)13(15)14-2/h4,7-8,10H,3,5-6H2,1-2H3,(H,14,15). The minimum absolute atomic E-state index is 0.0778. The molecule has 0 aromatic heterocycles. The Morgan fingerprint density at radius 3 is 2.81 bits per heavy atom. The zero-order valence-electron chi connectivity index (χ0n) is 9.75. The highest BCUT2D eigenvalue weighted by atomic mass is 16.5. The molecule has 1 N–H and O–H groups in total. The number of nitrogens with one attached hydrogen (secondary N) is 1. The highest BCUT2D eigenvalue weighted by Crippen LogP contribution is 2.29. The van der Waals surface area contributed by atoms with Crippen LogP contribution < -0.4 is 10.1 Å². The average molecular weight is 219 g/mol. The predicted molar refractivity (Wildman–Crippen MR) is 62.9 cm³/mol. The lowest BCUT2D eigenvalue weighted by atomic mass is 10.1. The summed E-state index contributed by atoms with van der Waals surface area (Å²) in [5, 5.41) is 2.65. The summed E-state index contributed by atoms with van der Waals surface area (Å²) in [5.74, 6) is 0.630. The van der Waals surface area contributed by atoms with Gasteiger partial charge in [-0.1, -0.05) is 13.0 Å². The maximum atomic E-state index is 11.7. The second-order valence-corrected chi connectivity index (χ2v) is 4.08.